The van der Waals surface area contributed by atoms with E-state index in [0.717, 1.165) is 0 Å². The normalized spacial score (nSPS) is 35.3. The molecule has 8 aliphatic heterocycles. The molecule has 0 saturated carbocycles. The molecule has 0 aromatic carbocycles. The van der Waals surface area contributed by atoms with E-state index in [-0.39, 0.29) is 74.1 Å². The maximum atomic E-state index is 13.0. The van der Waals surface area contributed by atoms with Gasteiger partial charge in [-0.25, -0.2) is 57.8 Å². The summed E-state index contributed by atoms with van der Waals surface area (Å²) in [7, 11) is -15.6. The van der Waals surface area contributed by atoms with E-state index in [4.69, 9.17) is 143 Å². The maximum Gasteiger partial charge on any atom is 0.406 e. The first-order chi connectivity index (χ1) is 53.7. The lowest BCUT2D eigenvalue weighted by atomic mass is 10.0. The van der Waals surface area contributed by atoms with Gasteiger partial charge in [-0.3, -0.25) is 73.6 Å². The SMILES string of the molecule is CC(C)OC(=O)[C@@H](C)NP1(=O)OC[C@H]2O[C@@H](n3ccc(N)nc3=O)[C@](C)(Cl)[C@@H]2O1.CC(C)OC(=O)[C@@H](C)N[P@@]1(=O)OC[C@H]2O[C@@H](n3ccc(N)nc3=O)[C@](C)(Cl)[C@@H]2O1.CC(C)OC(=O)[C@@H](C)N[P@]1(=O)OC[C@H]2O[C@@H](n3ccc(N)nc3=O)[C@](C)(Cl)[C@@H]2O1.CC(C)OC(=O)[C@@H](C)N[P@]1(=O)OC[C@H]2O[C@@H](n3ccc(N)nc3=O)[C@](C)(Cl)[C@@H]2O1. The van der Waals surface area contributed by atoms with Crippen molar-refractivity contribution in [1.82, 2.24) is 58.6 Å². The van der Waals surface area contributed by atoms with Crippen LogP contribution >= 0.6 is 77.4 Å². The number of rotatable bonds is 20. The number of fused-ring (bicyclic) bond motifs is 4. The molecule has 116 heavy (non-hydrogen) atoms. The summed E-state index contributed by atoms with van der Waals surface area (Å²) in [5.74, 6) is -2.14. The van der Waals surface area contributed by atoms with Gasteiger partial charge < -0.3 is 60.8 Å². The Morgan fingerprint density at radius 1 is 0.379 bits per heavy atom. The van der Waals surface area contributed by atoms with Crippen LogP contribution in [0.3, 0.4) is 0 Å². The van der Waals surface area contributed by atoms with Crippen LogP contribution in [0.25, 0.3) is 0 Å². The summed E-state index contributed by atoms with van der Waals surface area (Å²) < 4.78 is 145. The van der Waals surface area contributed by atoms with Gasteiger partial charge in [0.05, 0.1) is 50.8 Å². The minimum Gasteiger partial charge on any atom is -0.462 e. The van der Waals surface area contributed by atoms with E-state index < -0.39 is 195 Å². The van der Waals surface area contributed by atoms with Gasteiger partial charge >= 0.3 is 77.6 Å². The number of aromatic nitrogens is 8. The fourth-order valence-corrected chi connectivity index (χ4v) is 21.3. The number of alkyl halides is 4. The molecule has 0 amide bonds. The van der Waals surface area contributed by atoms with Gasteiger partial charge in [-0.05, 0) is 135 Å². The molecule has 12 rings (SSSR count). The van der Waals surface area contributed by atoms with Crippen LogP contribution in [0.1, 0.15) is 136 Å². The topological polar surface area (TPSA) is 576 Å². The summed E-state index contributed by atoms with van der Waals surface area (Å²) in [6, 6.07) is 1.98. The lowest BCUT2D eigenvalue weighted by molar-refractivity contribution is -0.150. The Balaban J connectivity index is 0.000000177. The van der Waals surface area contributed by atoms with Crippen LogP contribution in [-0.4, -0.2) is 205 Å². The lowest BCUT2D eigenvalue weighted by Gasteiger charge is -2.36. The average molecular weight is 1800 g/mol. The summed E-state index contributed by atoms with van der Waals surface area (Å²) in [6.07, 6.45) is -5.80. The second-order valence-electron chi connectivity index (χ2n) is 29.5. The van der Waals surface area contributed by atoms with Crippen molar-refractivity contribution in [3.63, 3.8) is 0 Å². The van der Waals surface area contributed by atoms with Gasteiger partial charge in [-0.2, -0.15) is 19.9 Å². The molecule has 0 aliphatic carbocycles. The zero-order valence-electron chi connectivity index (χ0n) is 65.6. The zero-order valence-corrected chi connectivity index (χ0v) is 72.2. The van der Waals surface area contributed by atoms with Crippen LogP contribution in [0.2, 0.25) is 0 Å². The van der Waals surface area contributed by atoms with Crippen molar-refractivity contribution in [2.75, 3.05) is 49.4 Å². The van der Waals surface area contributed by atoms with Crippen LogP contribution in [-0.2, 0) is 112 Å². The van der Waals surface area contributed by atoms with Crippen LogP contribution in [0, 0.1) is 0 Å². The van der Waals surface area contributed by atoms with Crippen molar-refractivity contribution in [2.45, 2.75) is 253 Å². The van der Waals surface area contributed by atoms with Crippen molar-refractivity contribution < 1.29 is 112 Å². The highest BCUT2D eigenvalue weighted by Gasteiger charge is 2.64. The van der Waals surface area contributed by atoms with Crippen LogP contribution < -0.4 is 66.0 Å². The standard InChI is InChI=1S/4C16H24ClN4O7P/c4*1-8(2)26-13(22)9(3)20-29(24)25-7-10-12(28-29)16(4,17)14(27-10)21-6-5-11(18)19-15(21)23/h4*5-6,8-10,12,14H,7H2,1-4H3,(H,20,24)(H2,18,19,23)/t9-,10-,12-,14-,16-,29?;2*9-,10-,12-,14-,16-,29+;9-,10-,12-,14-,16-,29-/m1111/s1. The molecule has 8 aliphatic rings. The molecule has 8 saturated heterocycles. The van der Waals surface area contributed by atoms with Crippen LogP contribution in [0.5, 0.6) is 0 Å². The minimum atomic E-state index is -3.89. The molecular weight excluding hydrogens is 1710 g/mol. The summed E-state index contributed by atoms with van der Waals surface area (Å²) in [4.78, 5) is 106. The summed E-state index contributed by atoms with van der Waals surface area (Å²) in [5, 5.41) is 10.2. The number of halogens is 4. The number of carbonyl (C=O) groups is 4. The van der Waals surface area contributed by atoms with Gasteiger partial charge in [0.2, 0.25) is 0 Å². The van der Waals surface area contributed by atoms with Gasteiger partial charge in [0, 0.05) is 24.8 Å². The molecule has 1 unspecified atom stereocenters. The number of nitrogens with one attached hydrogen (secondary N) is 4. The molecule has 8 fully saturated rings. The van der Waals surface area contributed by atoms with Gasteiger partial charge in [0.1, 0.15) is 116 Å². The largest absolute Gasteiger partial charge is 0.462 e. The first kappa shape index (κ1) is 93.9. The zero-order chi connectivity index (χ0) is 86.2. The molecule has 24 atom stereocenters. The Morgan fingerprint density at radius 3 is 0.707 bits per heavy atom. The molecule has 52 heteroatoms. The fraction of sp³-hybridized carbons (Fsp3) is 0.688. The maximum absolute atomic E-state index is 13.0. The highest BCUT2D eigenvalue weighted by Crippen LogP contribution is 2.62. The van der Waals surface area contributed by atoms with Crippen molar-refractivity contribution in [2.24, 2.45) is 0 Å². The Kier molecular flexibility index (Phi) is 29.8. The number of nitrogens with zero attached hydrogens (tertiary/aromatic N) is 8. The molecule has 4 aromatic rings. The van der Waals surface area contributed by atoms with E-state index in [9.17, 15) is 56.6 Å². The van der Waals surface area contributed by atoms with Crippen molar-refractivity contribution in [1.29, 1.82) is 0 Å². The van der Waals surface area contributed by atoms with Gasteiger partial charge in [0.15, 0.2) is 24.9 Å². The number of carbonyl (C=O) groups excluding carboxylic acids is 4. The van der Waals surface area contributed by atoms with Gasteiger partial charge in [-0.1, -0.05) is 0 Å². The smallest absolute Gasteiger partial charge is 0.406 e. The van der Waals surface area contributed by atoms with E-state index in [1.165, 1.54) is 95.0 Å². The highest BCUT2D eigenvalue weighted by atomic mass is 35.5. The summed E-state index contributed by atoms with van der Waals surface area (Å²) >= 11 is 26.7. The van der Waals surface area contributed by atoms with E-state index in [1.807, 2.05) is 0 Å². The van der Waals surface area contributed by atoms with Crippen LogP contribution in [0.15, 0.2) is 68.2 Å². The number of nitrogen functional groups attached to an aromatic ring is 4. The highest BCUT2D eigenvalue weighted by molar-refractivity contribution is 7.52. The van der Waals surface area contributed by atoms with Crippen molar-refractivity contribution in [3.8, 4) is 0 Å². The minimum absolute atomic E-state index is 0.0634. The monoisotopic (exact) mass is 1800 g/mol. The Hall–Kier alpha value is -5.96. The second kappa shape index (κ2) is 36.8. The molecule has 0 spiro atoms. The lowest BCUT2D eigenvalue weighted by Crippen LogP contribution is -2.47. The molecular formula is C64H96Cl4N16O28P4. The third-order valence-electron chi connectivity index (χ3n) is 18.0. The van der Waals surface area contributed by atoms with Gasteiger partial charge in [0.25, 0.3) is 0 Å². The molecule has 648 valence electrons. The third kappa shape index (κ3) is 21.8. The van der Waals surface area contributed by atoms with Crippen molar-refractivity contribution in [3.05, 3.63) is 91.0 Å². The predicted molar refractivity (Wildman–Crippen MR) is 413 cm³/mol. The Bertz CT molecular complexity index is 4140. The number of hydrogen-bond acceptors (Lipinski definition) is 36. The number of nitrogens with two attached hydrogens (primary N) is 4. The molecule has 12 N–H and O–H groups in total. The third-order valence-corrected chi connectivity index (χ3v) is 26.4. The number of ether oxygens (including phenoxy) is 8. The summed E-state index contributed by atoms with van der Waals surface area (Å²) in [5.41, 5.74) is 19.5. The van der Waals surface area contributed by atoms with Gasteiger partial charge in [-0.15, -0.1) is 46.4 Å². The van der Waals surface area contributed by atoms with E-state index in [2.05, 4.69) is 40.3 Å². The first-order valence-corrected chi connectivity index (χ1v) is 43.8. The Labute approximate surface area is 684 Å². The van der Waals surface area contributed by atoms with Crippen LogP contribution in [0.4, 0.5) is 23.3 Å². The quantitative estimate of drug-likeness (QED) is 0.0257. The van der Waals surface area contributed by atoms with E-state index in [0.29, 0.717) is 0 Å². The molecule has 0 bridgehead atoms. The van der Waals surface area contributed by atoms with E-state index >= 15 is 0 Å². The number of esters is 4. The summed E-state index contributed by atoms with van der Waals surface area (Å²) in [6.45, 7) is 25.5. The second-order valence-corrected chi connectivity index (χ2v) is 39.7. The fourth-order valence-electron chi connectivity index (χ4n) is 12.6. The average Bonchev–Trinajstić information content (AvgIpc) is 1.61. The molecule has 12 heterocycles. The Morgan fingerprint density at radius 2 is 0.552 bits per heavy atom. The molecule has 0 radical (unpaired) electrons. The number of anilines is 4. The van der Waals surface area contributed by atoms with Crippen molar-refractivity contribution >= 4 is 125 Å². The van der Waals surface area contributed by atoms with E-state index in [1.54, 1.807) is 83.1 Å². The molecule has 4 aromatic heterocycles. The predicted octanol–water partition coefficient (Wildman–Crippen LogP) is 4.69. The molecule has 44 nitrogen and oxygen atoms in total. The first-order valence-electron chi connectivity index (χ1n) is 36.1. The number of hydrogen-bond donors (Lipinski definition) is 8.